The molecular formula is C14H12F2N2O2. The summed E-state index contributed by atoms with van der Waals surface area (Å²) in [5.41, 5.74) is 0.430. The molecule has 20 heavy (non-hydrogen) atoms. The first kappa shape index (κ1) is 13.9. The lowest BCUT2D eigenvalue weighted by atomic mass is 10.2. The van der Waals surface area contributed by atoms with Crippen molar-refractivity contribution < 1.29 is 18.3 Å². The van der Waals surface area contributed by atoms with Crippen molar-refractivity contribution in [3.63, 3.8) is 0 Å². The molecule has 0 saturated carbocycles. The Balaban J connectivity index is 2.23. The van der Waals surface area contributed by atoms with Gasteiger partial charge in [-0.1, -0.05) is 0 Å². The fourth-order valence-corrected chi connectivity index (χ4v) is 1.61. The number of carbonyl (C=O) groups excluding carboxylic acids is 1. The van der Waals surface area contributed by atoms with Crippen molar-refractivity contribution >= 4 is 11.6 Å². The molecule has 1 N–H and O–H groups in total. The maximum atomic E-state index is 13.1. The summed E-state index contributed by atoms with van der Waals surface area (Å²) >= 11 is 0. The zero-order valence-electron chi connectivity index (χ0n) is 10.7. The van der Waals surface area contributed by atoms with Crippen LogP contribution in [0.3, 0.4) is 0 Å². The molecule has 0 spiro atoms. The van der Waals surface area contributed by atoms with Crippen LogP contribution in [0.15, 0.2) is 36.5 Å². The molecule has 1 heterocycles. The van der Waals surface area contributed by atoms with E-state index in [1.807, 2.05) is 0 Å². The molecule has 0 fully saturated rings. The number of aromatic nitrogens is 1. The number of anilines is 1. The second-order valence-electron chi connectivity index (χ2n) is 3.89. The molecule has 0 saturated heterocycles. The third kappa shape index (κ3) is 3.28. The molecular weight excluding hydrogens is 266 g/mol. The highest BCUT2D eigenvalue weighted by Gasteiger charge is 2.11. The number of carbonyl (C=O) groups is 1. The smallest absolute Gasteiger partial charge is 0.255 e. The lowest BCUT2D eigenvalue weighted by molar-refractivity contribution is 0.102. The number of pyridine rings is 1. The van der Waals surface area contributed by atoms with Crippen LogP contribution in [0.4, 0.5) is 14.5 Å². The molecule has 1 aromatic carbocycles. The minimum Gasteiger partial charge on any atom is -0.492 e. The van der Waals surface area contributed by atoms with E-state index in [9.17, 15) is 13.6 Å². The van der Waals surface area contributed by atoms with Gasteiger partial charge in [-0.15, -0.1) is 0 Å². The van der Waals surface area contributed by atoms with Gasteiger partial charge in [-0.05, 0) is 25.1 Å². The number of hydrogen-bond acceptors (Lipinski definition) is 3. The molecule has 0 aliphatic rings. The molecule has 104 valence electrons. The van der Waals surface area contributed by atoms with Gasteiger partial charge < -0.3 is 10.1 Å². The highest BCUT2D eigenvalue weighted by molar-refractivity contribution is 6.04. The molecule has 2 rings (SSSR count). The minimum atomic E-state index is -0.748. The summed E-state index contributed by atoms with van der Waals surface area (Å²) in [4.78, 5) is 15.3. The summed E-state index contributed by atoms with van der Waals surface area (Å²) in [7, 11) is 0. The Morgan fingerprint density at radius 3 is 2.80 bits per heavy atom. The van der Waals surface area contributed by atoms with Crippen LogP contribution in [0.5, 0.6) is 5.75 Å². The van der Waals surface area contributed by atoms with Crippen molar-refractivity contribution in [2.45, 2.75) is 6.92 Å². The highest BCUT2D eigenvalue weighted by Crippen LogP contribution is 2.26. The van der Waals surface area contributed by atoms with Crippen molar-refractivity contribution in [2.75, 3.05) is 11.9 Å². The van der Waals surface area contributed by atoms with Crippen LogP contribution in [0.1, 0.15) is 17.3 Å². The normalized spacial score (nSPS) is 10.2. The maximum Gasteiger partial charge on any atom is 0.255 e. The third-order valence-corrected chi connectivity index (χ3v) is 2.48. The lowest BCUT2D eigenvalue weighted by Crippen LogP contribution is -2.13. The second kappa shape index (κ2) is 6.10. The number of hydrogen-bond donors (Lipinski definition) is 1. The van der Waals surface area contributed by atoms with Gasteiger partial charge in [0.2, 0.25) is 5.95 Å². The summed E-state index contributed by atoms with van der Waals surface area (Å²) in [6, 6.07) is 6.15. The number of ether oxygens (including phenoxy) is 1. The average molecular weight is 278 g/mol. The third-order valence-electron chi connectivity index (χ3n) is 2.48. The number of benzene rings is 1. The number of nitrogens with zero attached hydrogens (tertiary/aromatic N) is 1. The van der Waals surface area contributed by atoms with E-state index in [2.05, 4.69) is 10.3 Å². The number of amides is 1. The predicted molar refractivity (Wildman–Crippen MR) is 69.7 cm³/mol. The van der Waals surface area contributed by atoms with Crippen LogP contribution < -0.4 is 10.1 Å². The van der Waals surface area contributed by atoms with Crippen LogP contribution in [-0.2, 0) is 0 Å². The summed E-state index contributed by atoms with van der Waals surface area (Å²) in [6.45, 7) is 2.07. The maximum absolute atomic E-state index is 13.1. The van der Waals surface area contributed by atoms with Crippen LogP contribution in [0, 0.1) is 11.8 Å². The summed E-state index contributed by atoms with van der Waals surface area (Å²) < 4.78 is 31.3. The van der Waals surface area contributed by atoms with Crippen molar-refractivity contribution in [2.24, 2.45) is 0 Å². The van der Waals surface area contributed by atoms with Gasteiger partial charge in [0.05, 0.1) is 12.3 Å². The highest BCUT2D eigenvalue weighted by atomic mass is 19.1. The van der Waals surface area contributed by atoms with Crippen molar-refractivity contribution in [1.29, 1.82) is 0 Å². The molecule has 2 aromatic rings. The van der Waals surface area contributed by atoms with Gasteiger partial charge in [0.25, 0.3) is 5.91 Å². The molecule has 0 aliphatic heterocycles. The lowest BCUT2D eigenvalue weighted by Gasteiger charge is -2.11. The van der Waals surface area contributed by atoms with E-state index in [4.69, 9.17) is 4.74 Å². The van der Waals surface area contributed by atoms with E-state index in [1.165, 1.54) is 30.5 Å². The quantitative estimate of drug-likeness (QED) is 0.875. The van der Waals surface area contributed by atoms with E-state index in [-0.39, 0.29) is 11.3 Å². The van der Waals surface area contributed by atoms with Crippen LogP contribution in [-0.4, -0.2) is 17.5 Å². The predicted octanol–water partition coefficient (Wildman–Crippen LogP) is 3.01. The van der Waals surface area contributed by atoms with Crippen molar-refractivity contribution in [1.82, 2.24) is 4.98 Å². The van der Waals surface area contributed by atoms with Crippen LogP contribution in [0.2, 0.25) is 0 Å². The van der Waals surface area contributed by atoms with E-state index in [0.717, 1.165) is 6.07 Å². The minimum absolute atomic E-state index is 0.115. The largest absolute Gasteiger partial charge is 0.492 e. The molecule has 0 radical (unpaired) electrons. The first-order chi connectivity index (χ1) is 9.60. The number of halogens is 2. The average Bonchev–Trinajstić information content (AvgIpc) is 2.42. The first-order valence-corrected chi connectivity index (χ1v) is 5.95. The molecule has 1 amide bonds. The fraction of sp³-hybridized carbons (Fsp3) is 0.143. The molecule has 6 heteroatoms. The summed E-state index contributed by atoms with van der Waals surface area (Å²) in [6.07, 6.45) is 1.19. The standard InChI is InChI=1S/C14H12F2N2O2/c1-2-20-12-8-10(15)3-4-11(12)18-14(19)9-5-6-17-13(16)7-9/h3-8H,2H2,1H3,(H,18,19). The summed E-state index contributed by atoms with van der Waals surface area (Å²) in [5, 5.41) is 2.54. The van der Waals surface area contributed by atoms with Gasteiger partial charge in [-0.2, -0.15) is 4.39 Å². The fourth-order valence-electron chi connectivity index (χ4n) is 1.61. The zero-order chi connectivity index (χ0) is 14.5. The summed E-state index contributed by atoms with van der Waals surface area (Å²) in [5.74, 6) is -1.53. The Kier molecular flexibility index (Phi) is 4.24. The molecule has 0 unspecified atom stereocenters. The van der Waals surface area contributed by atoms with Crippen LogP contribution >= 0.6 is 0 Å². The van der Waals surface area contributed by atoms with E-state index in [0.29, 0.717) is 12.3 Å². The van der Waals surface area contributed by atoms with Crippen molar-refractivity contribution in [3.8, 4) is 5.75 Å². The Morgan fingerprint density at radius 1 is 1.30 bits per heavy atom. The van der Waals surface area contributed by atoms with Crippen LogP contribution in [0.25, 0.3) is 0 Å². The molecule has 0 bridgehead atoms. The second-order valence-corrected chi connectivity index (χ2v) is 3.89. The molecule has 4 nitrogen and oxygen atoms in total. The Morgan fingerprint density at radius 2 is 2.10 bits per heavy atom. The first-order valence-electron chi connectivity index (χ1n) is 5.95. The van der Waals surface area contributed by atoms with Gasteiger partial charge in [0.1, 0.15) is 11.6 Å². The van der Waals surface area contributed by atoms with E-state index < -0.39 is 17.7 Å². The Bertz CT molecular complexity index is 632. The van der Waals surface area contributed by atoms with Gasteiger partial charge in [0.15, 0.2) is 0 Å². The molecule has 1 aromatic heterocycles. The Labute approximate surface area is 114 Å². The van der Waals surface area contributed by atoms with E-state index >= 15 is 0 Å². The SMILES string of the molecule is CCOc1cc(F)ccc1NC(=O)c1ccnc(F)c1. The molecule has 0 atom stereocenters. The zero-order valence-corrected chi connectivity index (χ0v) is 10.7. The molecule has 0 aliphatic carbocycles. The van der Waals surface area contributed by atoms with Gasteiger partial charge >= 0.3 is 0 Å². The van der Waals surface area contributed by atoms with Crippen molar-refractivity contribution in [3.05, 3.63) is 53.9 Å². The van der Waals surface area contributed by atoms with Gasteiger partial charge in [-0.25, -0.2) is 9.37 Å². The van der Waals surface area contributed by atoms with Gasteiger partial charge in [-0.3, -0.25) is 4.79 Å². The van der Waals surface area contributed by atoms with E-state index in [1.54, 1.807) is 6.92 Å². The number of rotatable bonds is 4. The number of nitrogens with one attached hydrogen (secondary N) is 1. The topological polar surface area (TPSA) is 51.2 Å². The van der Waals surface area contributed by atoms with Gasteiger partial charge in [0, 0.05) is 23.9 Å². The Hall–Kier alpha value is -2.50. The monoisotopic (exact) mass is 278 g/mol.